The first-order chi connectivity index (χ1) is 11.5. The molecule has 1 fully saturated rings. The normalized spacial score (nSPS) is 15.6. The van der Waals surface area contributed by atoms with Gasteiger partial charge in [-0.2, -0.15) is 0 Å². The number of ether oxygens (including phenoxy) is 1. The van der Waals surface area contributed by atoms with Crippen molar-refractivity contribution in [1.29, 1.82) is 0 Å². The highest BCUT2D eigenvalue weighted by Gasteiger charge is 2.21. The van der Waals surface area contributed by atoms with Crippen LogP contribution in [-0.2, 0) is 18.3 Å². The van der Waals surface area contributed by atoms with E-state index in [0.717, 1.165) is 18.8 Å². The van der Waals surface area contributed by atoms with Crippen molar-refractivity contribution in [3.63, 3.8) is 0 Å². The Balaban J connectivity index is 0.00000312. The monoisotopic (exact) mass is 504 g/mol. The highest BCUT2D eigenvalue weighted by atomic mass is 127. The van der Waals surface area contributed by atoms with E-state index in [-0.39, 0.29) is 24.0 Å². The van der Waals surface area contributed by atoms with Gasteiger partial charge >= 0.3 is 0 Å². The Hall–Kier alpha value is -0.220. The molecule has 0 saturated heterocycles. The largest absolute Gasteiger partial charge is 0.389 e. The van der Waals surface area contributed by atoms with Crippen LogP contribution in [0.1, 0.15) is 25.5 Å². The average molecular weight is 505 g/mol. The molecule has 144 valence electrons. The van der Waals surface area contributed by atoms with E-state index in [0.29, 0.717) is 41.7 Å². The van der Waals surface area contributed by atoms with E-state index >= 15 is 0 Å². The molecule has 1 aromatic heterocycles. The van der Waals surface area contributed by atoms with Gasteiger partial charge in [-0.15, -0.1) is 24.0 Å². The molecule has 1 saturated carbocycles. The molecular weight excluding hydrogens is 478 g/mol. The number of aliphatic imine (C=N–C) groups is 1. The molecule has 2 rings (SSSR count). The summed E-state index contributed by atoms with van der Waals surface area (Å²) in [4.78, 5) is 4.49. The predicted molar refractivity (Wildman–Crippen MR) is 113 cm³/mol. The quantitative estimate of drug-likeness (QED) is 0.275. The van der Waals surface area contributed by atoms with E-state index in [4.69, 9.17) is 27.9 Å². The van der Waals surface area contributed by atoms with Gasteiger partial charge in [0.1, 0.15) is 5.15 Å². The minimum Gasteiger partial charge on any atom is -0.389 e. The Bertz CT molecular complexity index is 565. The maximum atomic E-state index is 9.96. The van der Waals surface area contributed by atoms with Crippen molar-refractivity contribution in [3.8, 4) is 0 Å². The second-order valence-corrected chi connectivity index (χ2v) is 6.81. The van der Waals surface area contributed by atoms with Crippen molar-refractivity contribution in [2.45, 2.75) is 32.4 Å². The highest BCUT2D eigenvalue weighted by molar-refractivity contribution is 14.0. The molecular formula is C16H27Cl2IN4O2. The molecule has 0 amide bonds. The summed E-state index contributed by atoms with van der Waals surface area (Å²) in [7, 11) is 1.85. The summed E-state index contributed by atoms with van der Waals surface area (Å²) >= 11 is 12.1. The minimum absolute atomic E-state index is 0. The van der Waals surface area contributed by atoms with Crippen LogP contribution >= 0.6 is 47.2 Å². The van der Waals surface area contributed by atoms with E-state index < -0.39 is 6.10 Å². The molecule has 25 heavy (non-hydrogen) atoms. The van der Waals surface area contributed by atoms with Crippen molar-refractivity contribution >= 4 is 53.1 Å². The lowest BCUT2D eigenvalue weighted by atomic mass is 10.3. The number of hydrogen-bond donors (Lipinski definition) is 3. The van der Waals surface area contributed by atoms with Crippen LogP contribution in [0.4, 0.5) is 0 Å². The molecule has 1 heterocycles. The van der Waals surface area contributed by atoms with Crippen LogP contribution in [0.5, 0.6) is 0 Å². The van der Waals surface area contributed by atoms with E-state index in [9.17, 15) is 5.11 Å². The third kappa shape index (κ3) is 7.90. The number of aliphatic hydroxyl groups excluding tert-OH is 1. The van der Waals surface area contributed by atoms with Gasteiger partial charge in [-0.3, -0.25) is 0 Å². The molecule has 0 aromatic carbocycles. The smallest absolute Gasteiger partial charge is 0.191 e. The fourth-order valence-corrected chi connectivity index (χ4v) is 2.59. The summed E-state index contributed by atoms with van der Waals surface area (Å²) in [5, 5.41) is 17.2. The maximum absolute atomic E-state index is 9.96. The second-order valence-electron chi connectivity index (χ2n) is 6.04. The molecule has 1 aromatic rings. The second kappa shape index (κ2) is 11.5. The molecule has 9 heteroatoms. The summed E-state index contributed by atoms with van der Waals surface area (Å²) in [6.45, 7) is 4.63. The van der Waals surface area contributed by atoms with Gasteiger partial charge in [-0.05, 0) is 31.7 Å². The molecule has 0 radical (unpaired) electrons. The molecule has 1 aliphatic carbocycles. The first-order valence-electron chi connectivity index (χ1n) is 8.28. The number of nitrogens with one attached hydrogen (secondary N) is 2. The zero-order valence-electron chi connectivity index (χ0n) is 14.6. The van der Waals surface area contributed by atoms with Gasteiger partial charge < -0.3 is 25.0 Å². The molecule has 3 N–H and O–H groups in total. The van der Waals surface area contributed by atoms with Gasteiger partial charge in [0, 0.05) is 32.4 Å². The van der Waals surface area contributed by atoms with E-state index in [1.807, 2.05) is 14.0 Å². The molecule has 1 unspecified atom stereocenters. The topological polar surface area (TPSA) is 70.8 Å². The van der Waals surface area contributed by atoms with Crippen LogP contribution in [0.3, 0.4) is 0 Å². The fraction of sp³-hybridized carbons (Fsp3) is 0.688. The van der Waals surface area contributed by atoms with Crippen molar-refractivity contribution in [2.24, 2.45) is 18.0 Å². The van der Waals surface area contributed by atoms with Crippen molar-refractivity contribution < 1.29 is 9.84 Å². The fourth-order valence-electron chi connectivity index (χ4n) is 2.17. The summed E-state index contributed by atoms with van der Waals surface area (Å²) in [6.07, 6.45) is 1.93. The third-order valence-corrected chi connectivity index (χ3v) is 4.67. The maximum Gasteiger partial charge on any atom is 0.191 e. The highest BCUT2D eigenvalue weighted by Crippen LogP contribution is 2.28. The lowest BCUT2D eigenvalue weighted by Crippen LogP contribution is -2.42. The molecule has 0 spiro atoms. The van der Waals surface area contributed by atoms with Gasteiger partial charge in [0.15, 0.2) is 5.96 Å². The number of aliphatic hydroxyl groups is 1. The van der Waals surface area contributed by atoms with Crippen LogP contribution in [0.2, 0.25) is 10.2 Å². The van der Waals surface area contributed by atoms with Crippen molar-refractivity contribution in [3.05, 3.63) is 21.9 Å². The number of rotatable bonds is 9. The number of guanidine groups is 1. The first-order valence-corrected chi connectivity index (χ1v) is 9.04. The SMILES string of the molecule is CCNC(=NCc1cc(Cl)c(Cl)n1C)NCC(O)COCC1CC1.I. The number of nitrogens with zero attached hydrogens (tertiary/aromatic N) is 2. The van der Waals surface area contributed by atoms with E-state index in [1.54, 1.807) is 10.6 Å². The lowest BCUT2D eigenvalue weighted by molar-refractivity contribution is 0.0345. The van der Waals surface area contributed by atoms with Gasteiger partial charge in [-0.25, -0.2) is 4.99 Å². The summed E-state index contributed by atoms with van der Waals surface area (Å²) in [5.74, 6) is 1.33. The Morgan fingerprint density at radius 3 is 2.72 bits per heavy atom. The van der Waals surface area contributed by atoms with Crippen LogP contribution in [0, 0.1) is 5.92 Å². The van der Waals surface area contributed by atoms with Crippen LogP contribution in [-0.4, -0.2) is 48.0 Å². The molecule has 1 atom stereocenters. The molecule has 1 aliphatic rings. The first kappa shape index (κ1) is 22.8. The molecule has 0 bridgehead atoms. The van der Waals surface area contributed by atoms with Gasteiger partial charge in [-0.1, -0.05) is 23.2 Å². The molecule has 0 aliphatic heterocycles. The average Bonchev–Trinajstić information content (AvgIpc) is 3.34. The van der Waals surface area contributed by atoms with Crippen molar-refractivity contribution in [2.75, 3.05) is 26.3 Å². The zero-order chi connectivity index (χ0) is 17.5. The Morgan fingerprint density at radius 2 is 2.16 bits per heavy atom. The Kier molecular flexibility index (Phi) is 10.5. The van der Waals surface area contributed by atoms with Crippen LogP contribution < -0.4 is 10.6 Å². The Morgan fingerprint density at radius 1 is 1.44 bits per heavy atom. The van der Waals surface area contributed by atoms with E-state index in [2.05, 4.69) is 15.6 Å². The van der Waals surface area contributed by atoms with E-state index in [1.165, 1.54) is 12.8 Å². The zero-order valence-corrected chi connectivity index (χ0v) is 18.4. The van der Waals surface area contributed by atoms with Gasteiger partial charge in [0.25, 0.3) is 0 Å². The predicted octanol–water partition coefficient (Wildman–Crippen LogP) is 2.79. The van der Waals surface area contributed by atoms with Crippen LogP contribution in [0.25, 0.3) is 0 Å². The van der Waals surface area contributed by atoms with Gasteiger partial charge in [0.2, 0.25) is 0 Å². The number of aromatic nitrogens is 1. The minimum atomic E-state index is -0.563. The standard InChI is InChI=1S/C16H26Cl2N4O2.HI/c1-3-19-16(20-7-12-6-14(17)15(18)22(12)2)21-8-13(23)10-24-9-11-4-5-11;/h6,11,13,23H,3-5,7-10H2,1-2H3,(H2,19,20,21);1H. The number of hydrogen-bond acceptors (Lipinski definition) is 3. The van der Waals surface area contributed by atoms with Crippen LogP contribution in [0.15, 0.2) is 11.1 Å². The summed E-state index contributed by atoms with van der Waals surface area (Å²) < 4.78 is 7.29. The summed E-state index contributed by atoms with van der Waals surface area (Å²) in [6, 6.07) is 1.80. The number of halogens is 3. The third-order valence-electron chi connectivity index (χ3n) is 3.82. The molecule has 6 nitrogen and oxygen atoms in total. The van der Waals surface area contributed by atoms with Gasteiger partial charge in [0.05, 0.1) is 24.3 Å². The summed E-state index contributed by atoms with van der Waals surface area (Å²) in [5.41, 5.74) is 0.913. The Labute approximate surface area is 176 Å². The lowest BCUT2D eigenvalue weighted by Gasteiger charge is -2.15. The van der Waals surface area contributed by atoms with Crippen molar-refractivity contribution in [1.82, 2.24) is 15.2 Å².